The van der Waals surface area contributed by atoms with Crippen LogP contribution in [0, 0.1) is 0 Å². The number of aliphatic carboxylic acids is 1. The molecule has 0 amide bonds. The third-order valence-electron chi connectivity index (χ3n) is 5.96. The zero-order valence-corrected chi connectivity index (χ0v) is 21.2. The summed E-state index contributed by atoms with van der Waals surface area (Å²) in [5.41, 5.74) is 2.53. The molecule has 0 unspecified atom stereocenters. The third kappa shape index (κ3) is 5.76. The number of benzene rings is 3. The highest BCUT2D eigenvalue weighted by atomic mass is 16.7. The summed E-state index contributed by atoms with van der Waals surface area (Å²) < 4.78 is 21.6. The predicted octanol–water partition coefficient (Wildman–Crippen LogP) is 4.46. The summed E-state index contributed by atoms with van der Waals surface area (Å²) in [5.74, 6) is 0.0510. The molecule has 0 saturated heterocycles. The fraction of sp³-hybridized carbons (Fsp3) is 0.241. The molecule has 0 radical (unpaired) electrons. The van der Waals surface area contributed by atoms with Crippen LogP contribution in [0.5, 0.6) is 23.0 Å². The van der Waals surface area contributed by atoms with E-state index in [-0.39, 0.29) is 29.9 Å². The standard InChI is InChI=1S/C29H29NO7/c1-30(2)16-19-7-5-6-18(12-19)13-23(27(31)20-8-10-22(34-3)11-9-20)26(29(32)33)21-14-24(35-4)28-25(15-21)36-17-37-28/h5-12,14-15H,13,16-17H2,1-4H3,(H,32,33)/b26-23+. The Labute approximate surface area is 215 Å². The Bertz CT molecular complexity index is 1340. The number of hydrogen-bond donors (Lipinski definition) is 1. The van der Waals surface area contributed by atoms with Gasteiger partial charge in [0, 0.05) is 24.1 Å². The van der Waals surface area contributed by atoms with Crippen LogP contribution in [-0.4, -0.2) is 56.9 Å². The van der Waals surface area contributed by atoms with Crippen LogP contribution in [0.4, 0.5) is 0 Å². The van der Waals surface area contributed by atoms with E-state index >= 15 is 0 Å². The number of Topliss-reactive ketones (excluding diaryl/α,β-unsaturated/α-hetero) is 1. The van der Waals surface area contributed by atoms with Crippen LogP contribution < -0.4 is 18.9 Å². The van der Waals surface area contributed by atoms with Crippen LogP contribution in [0.25, 0.3) is 5.57 Å². The lowest BCUT2D eigenvalue weighted by Gasteiger charge is -2.16. The highest BCUT2D eigenvalue weighted by molar-refractivity contribution is 6.26. The molecule has 0 spiro atoms. The van der Waals surface area contributed by atoms with E-state index in [0.717, 1.165) is 11.1 Å². The number of nitrogens with zero attached hydrogens (tertiary/aromatic N) is 1. The van der Waals surface area contributed by atoms with Gasteiger partial charge in [-0.05, 0) is 67.2 Å². The van der Waals surface area contributed by atoms with Crippen LogP contribution in [0.3, 0.4) is 0 Å². The Kier molecular flexibility index (Phi) is 7.79. The largest absolute Gasteiger partial charge is 0.497 e. The van der Waals surface area contributed by atoms with Gasteiger partial charge in [0.15, 0.2) is 17.3 Å². The maximum absolute atomic E-state index is 13.9. The normalized spacial score (nSPS) is 12.8. The molecule has 4 rings (SSSR count). The number of methoxy groups -OCH3 is 2. The average molecular weight is 504 g/mol. The molecule has 0 fully saturated rings. The van der Waals surface area contributed by atoms with Gasteiger partial charge in [-0.1, -0.05) is 24.3 Å². The van der Waals surface area contributed by atoms with Gasteiger partial charge < -0.3 is 29.0 Å². The number of fused-ring (bicyclic) bond motifs is 1. The zero-order chi connectivity index (χ0) is 26.5. The van der Waals surface area contributed by atoms with Crippen molar-refractivity contribution in [1.29, 1.82) is 0 Å². The molecule has 1 N–H and O–H groups in total. The van der Waals surface area contributed by atoms with E-state index in [4.69, 9.17) is 18.9 Å². The first-order valence-electron chi connectivity index (χ1n) is 11.7. The molecule has 0 atom stereocenters. The van der Waals surface area contributed by atoms with E-state index in [1.807, 2.05) is 43.3 Å². The maximum Gasteiger partial charge on any atom is 0.336 e. The molecule has 3 aromatic rings. The lowest BCUT2D eigenvalue weighted by atomic mass is 9.89. The van der Waals surface area contributed by atoms with Gasteiger partial charge in [0.05, 0.1) is 19.8 Å². The quantitative estimate of drug-likeness (QED) is 0.320. The second-order valence-electron chi connectivity index (χ2n) is 8.86. The minimum Gasteiger partial charge on any atom is -0.497 e. The number of carboxylic acids is 1. The molecule has 0 aromatic heterocycles. The van der Waals surface area contributed by atoms with Gasteiger partial charge in [0.1, 0.15) is 5.75 Å². The summed E-state index contributed by atoms with van der Waals surface area (Å²) >= 11 is 0. The predicted molar refractivity (Wildman–Crippen MR) is 139 cm³/mol. The van der Waals surface area contributed by atoms with E-state index in [1.165, 1.54) is 7.11 Å². The van der Waals surface area contributed by atoms with Crippen molar-refractivity contribution < 1.29 is 33.6 Å². The van der Waals surface area contributed by atoms with Gasteiger partial charge in [0.25, 0.3) is 0 Å². The maximum atomic E-state index is 13.9. The molecular weight excluding hydrogens is 474 g/mol. The lowest BCUT2D eigenvalue weighted by Crippen LogP contribution is -2.15. The van der Waals surface area contributed by atoms with E-state index in [0.29, 0.717) is 35.1 Å². The molecule has 0 bridgehead atoms. The topological polar surface area (TPSA) is 94.5 Å². The Morgan fingerprint density at radius 2 is 1.65 bits per heavy atom. The molecule has 3 aromatic carbocycles. The summed E-state index contributed by atoms with van der Waals surface area (Å²) in [7, 11) is 6.95. The second-order valence-corrected chi connectivity index (χ2v) is 8.86. The molecule has 8 nitrogen and oxygen atoms in total. The first kappa shape index (κ1) is 25.8. The van der Waals surface area contributed by atoms with Gasteiger partial charge >= 0.3 is 5.97 Å². The molecule has 37 heavy (non-hydrogen) atoms. The first-order valence-corrected chi connectivity index (χ1v) is 11.7. The van der Waals surface area contributed by atoms with E-state index in [9.17, 15) is 14.7 Å². The lowest BCUT2D eigenvalue weighted by molar-refractivity contribution is -0.130. The Morgan fingerprint density at radius 3 is 2.30 bits per heavy atom. The van der Waals surface area contributed by atoms with Crippen molar-refractivity contribution in [3.63, 3.8) is 0 Å². The van der Waals surface area contributed by atoms with Gasteiger partial charge in [-0.25, -0.2) is 4.79 Å². The number of carboxylic acid groups (broad SMARTS) is 1. The molecule has 0 aliphatic carbocycles. The summed E-state index contributed by atoms with van der Waals surface area (Å²) in [6, 6.07) is 17.5. The van der Waals surface area contributed by atoms with Crippen LogP contribution in [0.15, 0.2) is 66.2 Å². The van der Waals surface area contributed by atoms with E-state index in [2.05, 4.69) is 0 Å². The minimum absolute atomic E-state index is 0.00241. The molecule has 192 valence electrons. The molecule has 1 aliphatic rings. The van der Waals surface area contributed by atoms with Crippen molar-refractivity contribution in [2.45, 2.75) is 13.0 Å². The Balaban J connectivity index is 1.89. The number of carbonyl (C=O) groups excluding carboxylic acids is 1. The molecule has 1 aliphatic heterocycles. The minimum atomic E-state index is -1.23. The van der Waals surface area contributed by atoms with Crippen molar-refractivity contribution in [2.75, 3.05) is 35.1 Å². The van der Waals surface area contributed by atoms with Crippen LogP contribution in [0.1, 0.15) is 27.0 Å². The van der Waals surface area contributed by atoms with Crippen molar-refractivity contribution >= 4 is 17.3 Å². The number of ketones is 1. The fourth-order valence-corrected chi connectivity index (χ4v) is 4.31. The second kappa shape index (κ2) is 11.2. The van der Waals surface area contributed by atoms with E-state index in [1.54, 1.807) is 43.5 Å². The van der Waals surface area contributed by atoms with E-state index < -0.39 is 11.8 Å². The summed E-state index contributed by atoms with van der Waals surface area (Å²) in [4.78, 5) is 28.6. The molecule has 0 saturated carbocycles. The SMILES string of the molecule is COc1ccc(C(=O)/C(Cc2cccc(CN(C)C)c2)=C(/C(=O)O)c2cc(OC)c3c(c2)OCO3)cc1. The highest BCUT2D eigenvalue weighted by Crippen LogP contribution is 2.44. The van der Waals surface area contributed by atoms with Crippen molar-refractivity contribution in [3.8, 4) is 23.0 Å². The fourth-order valence-electron chi connectivity index (χ4n) is 4.31. The van der Waals surface area contributed by atoms with Crippen molar-refractivity contribution in [3.05, 3.63) is 88.5 Å². The first-order chi connectivity index (χ1) is 17.8. The van der Waals surface area contributed by atoms with Crippen molar-refractivity contribution in [2.24, 2.45) is 0 Å². The summed E-state index contributed by atoms with van der Waals surface area (Å²) in [5, 5.41) is 10.4. The van der Waals surface area contributed by atoms with Crippen molar-refractivity contribution in [1.82, 2.24) is 4.90 Å². The van der Waals surface area contributed by atoms with Gasteiger partial charge in [-0.2, -0.15) is 0 Å². The third-order valence-corrected chi connectivity index (χ3v) is 5.96. The number of ether oxygens (including phenoxy) is 4. The molecular formula is C29H29NO7. The monoisotopic (exact) mass is 503 g/mol. The van der Waals surface area contributed by atoms with Gasteiger partial charge in [-0.3, -0.25) is 4.79 Å². The van der Waals surface area contributed by atoms with Gasteiger partial charge in [0.2, 0.25) is 12.5 Å². The van der Waals surface area contributed by atoms with Gasteiger partial charge in [-0.15, -0.1) is 0 Å². The molecule has 8 heteroatoms. The smallest absolute Gasteiger partial charge is 0.336 e. The summed E-state index contributed by atoms with van der Waals surface area (Å²) in [6.07, 6.45) is 0.116. The van der Waals surface area contributed by atoms with Crippen LogP contribution >= 0.6 is 0 Å². The number of hydrogen-bond acceptors (Lipinski definition) is 7. The highest BCUT2D eigenvalue weighted by Gasteiger charge is 2.28. The number of rotatable bonds is 10. The molecule has 1 heterocycles. The van der Waals surface area contributed by atoms with Crippen LogP contribution in [-0.2, 0) is 17.8 Å². The number of carbonyl (C=O) groups is 2. The Hall–Kier alpha value is -4.30. The van der Waals surface area contributed by atoms with Crippen LogP contribution in [0.2, 0.25) is 0 Å². The number of allylic oxidation sites excluding steroid dienone is 1. The average Bonchev–Trinajstić information content (AvgIpc) is 3.36. The summed E-state index contributed by atoms with van der Waals surface area (Å²) in [6.45, 7) is 0.710. The zero-order valence-electron chi connectivity index (χ0n) is 21.2. The Morgan fingerprint density at radius 1 is 0.919 bits per heavy atom.